The van der Waals surface area contributed by atoms with Gasteiger partial charge in [-0.2, -0.15) is 0 Å². The molecule has 2 N–H and O–H groups in total. The van der Waals surface area contributed by atoms with Crippen LogP contribution in [0.1, 0.15) is 35.6 Å². The maximum Gasteiger partial charge on any atom is 0.251 e. The first-order chi connectivity index (χ1) is 10.5. The molecule has 1 atom stereocenters. The van der Waals surface area contributed by atoms with Crippen LogP contribution in [-0.2, 0) is 0 Å². The first-order valence-electron chi connectivity index (χ1n) is 7.44. The van der Waals surface area contributed by atoms with Gasteiger partial charge in [0, 0.05) is 23.1 Å². The third-order valence-electron chi connectivity index (χ3n) is 3.28. The van der Waals surface area contributed by atoms with Gasteiger partial charge in [-0.1, -0.05) is 26.0 Å². The Kier molecular flexibility index (Phi) is 5.69. The number of nitrogens with one attached hydrogen (secondary N) is 1. The number of nitrogens with zero attached hydrogens (tertiary/aromatic N) is 1. The fourth-order valence-corrected chi connectivity index (χ4v) is 2.88. The van der Waals surface area contributed by atoms with Gasteiger partial charge in [0.25, 0.3) is 5.91 Å². The molecule has 5 heteroatoms. The Labute approximate surface area is 135 Å². The van der Waals surface area contributed by atoms with Gasteiger partial charge >= 0.3 is 0 Å². The van der Waals surface area contributed by atoms with E-state index in [4.69, 9.17) is 0 Å². The summed E-state index contributed by atoms with van der Waals surface area (Å²) in [6.45, 7) is 6.33. The second-order valence-electron chi connectivity index (χ2n) is 5.83. The lowest BCUT2D eigenvalue weighted by atomic mass is 10.1. The fraction of sp³-hybridized carbons (Fsp3) is 0.412. The lowest BCUT2D eigenvalue weighted by Gasteiger charge is -2.14. The van der Waals surface area contributed by atoms with Crippen LogP contribution in [0.25, 0.3) is 11.3 Å². The molecule has 1 aromatic carbocycles. The molecule has 22 heavy (non-hydrogen) atoms. The third-order valence-corrected chi connectivity index (χ3v) is 4.05. The van der Waals surface area contributed by atoms with Gasteiger partial charge in [0.1, 0.15) is 0 Å². The molecule has 1 heterocycles. The molecule has 1 aromatic heterocycles. The number of carbonyl (C=O) groups excluding carboxylic acids is 1. The van der Waals surface area contributed by atoms with Crippen LogP contribution in [0.3, 0.4) is 0 Å². The highest BCUT2D eigenvalue weighted by molar-refractivity contribution is 7.09. The van der Waals surface area contributed by atoms with Crippen molar-refractivity contribution in [3.8, 4) is 11.3 Å². The summed E-state index contributed by atoms with van der Waals surface area (Å²) in [6, 6.07) is 7.40. The standard InChI is InChI=1S/C17H22N2O2S/c1-11(2)7-15(20)9-18-17(21)14-6-4-5-13(8-14)16-10-22-12(3)19-16/h4-6,8,10-11,15,20H,7,9H2,1-3H3,(H,18,21). The molecule has 1 amide bonds. The number of amides is 1. The van der Waals surface area contributed by atoms with E-state index < -0.39 is 6.10 Å². The Morgan fingerprint density at radius 2 is 2.18 bits per heavy atom. The minimum absolute atomic E-state index is 0.170. The van der Waals surface area contributed by atoms with Gasteiger partial charge in [-0.25, -0.2) is 4.98 Å². The molecule has 0 saturated carbocycles. The summed E-state index contributed by atoms with van der Waals surface area (Å²) in [6.07, 6.45) is 0.173. The highest BCUT2D eigenvalue weighted by Crippen LogP contribution is 2.22. The van der Waals surface area contributed by atoms with Crippen molar-refractivity contribution in [1.29, 1.82) is 0 Å². The quantitative estimate of drug-likeness (QED) is 0.859. The molecule has 4 nitrogen and oxygen atoms in total. The Balaban J connectivity index is 2.01. The predicted molar refractivity (Wildman–Crippen MR) is 90.1 cm³/mol. The maximum atomic E-state index is 12.2. The van der Waals surface area contributed by atoms with Gasteiger partial charge in [0.15, 0.2) is 0 Å². The van der Waals surface area contributed by atoms with Crippen LogP contribution in [-0.4, -0.2) is 28.6 Å². The number of aryl methyl sites for hydroxylation is 1. The molecule has 2 aromatic rings. The number of thiazole rings is 1. The minimum Gasteiger partial charge on any atom is -0.391 e. The van der Waals surface area contributed by atoms with Crippen LogP contribution in [0.4, 0.5) is 0 Å². The highest BCUT2D eigenvalue weighted by Gasteiger charge is 2.11. The maximum absolute atomic E-state index is 12.2. The van der Waals surface area contributed by atoms with Crippen LogP contribution in [0.15, 0.2) is 29.6 Å². The van der Waals surface area contributed by atoms with E-state index in [1.807, 2.05) is 44.4 Å². The molecule has 118 valence electrons. The van der Waals surface area contributed by atoms with E-state index in [2.05, 4.69) is 10.3 Å². The van der Waals surface area contributed by atoms with Crippen LogP contribution < -0.4 is 5.32 Å². The molecule has 0 saturated heterocycles. The van der Waals surface area contributed by atoms with Crippen molar-refractivity contribution in [3.05, 3.63) is 40.2 Å². The molecule has 0 aliphatic heterocycles. The topological polar surface area (TPSA) is 62.2 Å². The summed E-state index contributed by atoms with van der Waals surface area (Å²) in [5.74, 6) is 0.236. The number of hydrogen-bond acceptors (Lipinski definition) is 4. The van der Waals surface area contributed by atoms with E-state index in [0.717, 1.165) is 16.3 Å². The Hall–Kier alpha value is -1.72. The largest absolute Gasteiger partial charge is 0.391 e. The Morgan fingerprint density at radius 1 is 1.41 bits per heavy atom. The number of benzene rings is 1. The van der Waals surface area contributed by atoms with E-state index in [1.54, 1.807) is 17.4 Å². The second-order valence-corrected chi connectivity index (χ2v) is 6.89. The SMILES string of the molecule is Cc1nc(-c2cccc(C(=O)NCC(O)CC(C)C)c2)cs1. The van der Waals surface area contributed by atoms with Crippen LogP contribution in [0, 0.1) is 12.8 Å². The number of rotatable bonds is 6. The zero-order chi connectivity index (χ0) is 16.1. The van der Waals surface area contributed by atoms with Gasteiger partial charge in [0.2, 0.25) is 0 Å². The molecule has 0 radical (unpaired) electrons. The first-order valence-corrected chi connectivity index (χ1v) is 8.32. The molecular weight excluding hydrogens is 296 g/mol. The molecule has 2 rings (SSSR count). The monoisotopic (exact) mass is 318 g/mol. The molecule has 0 spiro atoms. The second kappa shape index (κ2) is 7.51. The van der Waals surface area contributed by atoms with Gasteiger partial charge < -0.3 is 10.4 Å². The van der Waals surface area contributed by atoms with E-state index in [9.17, 15) is 9.90 Å². The highest BCUT2D eigenvalue weighted by atomic mass is 32.1. The van der Waals surface area contributed by atoms with Crippen molar-refractivity contribution < 1.29 is 9.90 Å². The number of aromatic nitrogens is 1. The van der Waals surface area contributed by atoms with Gasteiger partial charge in [-0.15, -0.1) is 11.3 Å². The summed E-state index contributed by atoms with van der Waals surface area (Å²) in [5.41, 5.74) is 2.40. The van der Waals surface area contributed by atoms with E-state index in [0.29, 0.717) is 17.9 Å². The molecule has 0 aliphatic rings. The van der Waals surface area contributed by atoms with Gasteiger partial charge in [0.05, 0.1) is 16.8 Å². The third kappa shape index (κ3) is 4.64. The van der Waals surface area contributed by atoms with Crippen molar-refractivity contribution in [3.63, 3.8) is 0 Å². The fourth-order valence-electron chi connectivity index (χ4n) is 2.26. The van der Waals surface area contributed by atoms with Gasteiger partial charge in [-0.05, 0) is 31.4 Å². The summed E-state index contributed by atoms with van der Waals surface area (Å²) >= 11 is 1.59. The van der Waals surface area contributed by atoms with Gasteiger partial charge in [-0.3, -0.25) is 4.79 Å². The first kappa shape index (κ1) is 16.6. The predicted octanol–water partition coefficient (Wildman–Crippen LogP) is 3.26. The molecule has 0 fully saturated rings. The Morgan fingerprint density at radius 3 is 2.82 bits per heavy atom. The van der Waals surface area contributed by atoms with Crippen LogP contribution >= 0.6 is 11.3 Å². The normalized spacial score (nSPS) is 12.4. The lowest BCUT2D eigenvalue weighted by molar-refractivity contribution is 0.0900. The number of hydrogen-bond donors (Lipinski definition) is 2. The zero-order valence-corrected chi connectivity index (χ0v) is 14.0. The van der Waals surface area contributed by atoms with Crippen molar-refractivity contribution in [2.45, 2.75) is 33.3 Å². The van der Waals surface area contributed by atoms with Crippen LogP contribution in [0.2, 0.25) is 0 Å². The minimum atomic E-state index is -0.506. The average molecular weight is 318 g/mol. The zero-order valence-electron chi connectivity index (χ0n) is 13.2. The van der Waals surface area contributed by atoms with Crippen LogP contribution in [0.5, 0.6) is 0 Å². The molecule has 0 aliphatic carbocycles. The van der Waals surface area contributed by atoms with Crippen molar-refractivity contribution in [2.75, 3.05) is 6.54 Å². The summed E-state index contributed by atoms with van der Waals surface area (Å²) in [7, 11) is 0. The number of aliphatic hydroxyl groups is 1. The average Bonchev–Trinajstić information content (AvgIpc) is 2.91. The molecule has 0 bridgehead atoms. The molecular formula is C17H22N2O2S. The smallest absolute Gasteiger partial charge is 0.251 e. The lowest BCUT2D eigenvalue weighted by Crippen LogP contribution is -2.32. The summed E-state index contributed by atoms with van der Waals surface area (Å²) < 4.78 is 0. The number of aliphatic hydroxyl groups excluding tert-OH is 1. The number of carbonyl (C=O) groups is 1. The summed E-state index contributed by atoms with van der Waals surface area (Å²) in [5, 5.41) is 15.6. The van der Waals surface area contributed by atoms with E-state index >= 15 is 0 Å². The van der Waals surface area contributed by atoms with E-state index in [1.165, 1.54) is 0 Å². The van der Waals surface area contributed by atoms with E-state index in [-0.39, 0.29) is 12.5 Å². The molecule has 1 unspecified atom stereocenters. The van der Waals surface area contributed by atoms with Crippen molar-refractivity contribution in [1.82, 2.24) is 10.3 Å². The van der Waals surface area contributed by atoms with Crippen molar-refractivity contribution in [2.24, 2.45) is 5.92 Å². The Bertz CT molecular complexity index is 637. The summed E-state index contributed by atoms with van der Waals surface area (Å²) in [4.78, 5) is 16.6. The van der Waals surface area contributed by atoms with Crippen molar-refractivity contribution >= 4 is 17.2 Å².